The summed E-state index contributed by atoms with van der Waals surface area (Å²) < 4.78 is 7.14. The molecule has 0 saturated heterocycles. The van der Waals surface area contributed by atoms with Crippen LogP contribution < -0.4 is 5.63 Å². The molecule has 22 heavy (non-hydrogen) atoms. The van der Waals surface area contributed by atoms with Gasteiger partial charge < -0.3 is 4.42 Å². The van der Waals surface area contributed by atoms with E-state index in [-0.39, 0.29) is 0 Å². The van der Waals surface area contributed by atoms with E-state index in [4.69, 9.17) is 16.0 Å². The van der Waals surface area contributed by atoms with Gasteiger partial charge in [-0.25, -0.2) is 9.48 Å². The van der Waals surface area contributed by atoms with Crippen LogP contribution in [0.25, 0.3) is 27.6 Å². The highest BCUT2D eigenvalue weighted by molar-refractivity contribution is 6.37. The normalized spacial score (nSPS) is 11.4. The molecule has 2 aromatic heterocycles. The number of aryl methyl sites for hydroxylation is 1. The second-order valence-corrected chi connectivity index (χ2v) is 5.47. The topological polar surface area (TPSA) is 48.0 Å². The van der Waals surface area contributed by atoms with Crippen molar-refractivity contribution in [2.45, 2.75) is 6.92 Å². The van der Waals surface area contributed by atoms with Crippen molar-refractivity contribution in [3.8, 4) is 5.69 Å². The largest absolute Gasteiger partial charge is 0.422 e. The van der Waals surface area contributed by atoms with Gasteiger partial charge in [0.1, 0.15) is 11.0 Å². The second-order valence-electron chi connectivity index (χ2n) is 5.06. The molecule has 0 radical (unpaired) electrons. The van der Waals surface area contributed by atoms with E-state index in [1.165, 1.54) is 0 Å². The summed E-state index contributed by atoms with van der Waals surface area (Å²) in [5.41, 5.74) is 2.23. The molecule has 0 unspecified atom stereocenters. The predicted molar refractivity (Wildman–Crippen MR) is 86.9 cm³/mol. The van der Waals surface area contributed by atoms with Crippen LogP contribution >= 0.6 is 11.6 Å². The molecule has 0 N–H and O–H groups in total. The Morgan fingerprint density at radius 1 is 1.05 bits per heavy atom. The molecular weight excluding hydrogens is 300 g/mol. The van der Waals surface area contributed by atoms with Gasteiger partial charge in [0, 0.05) is 0 Å². The molecule has 108 valence electrons. The highest BCUT2D eigenvalue weighted by Gasteiger charge is 2.19. The van der Waals surface area contributed by atoms with Crippen LogP contribution in [0, 0.1) is 6.92 Å². The van der Waals surface area contributed by atoms with Crippen molar-refractivity contribution in [1.82, 2.24) is 9.78 Å². The van der Waals surface area contributed by atoms with E-state index in [0.29, 0.717) is 32.6 Å². The van der Waals surface area contributed by atoms with Crippen molar-refractivity contribution in [1.29, 1.82) is 0 Å². The summed E-state index contributed by atoms with van der Waals surface area (Å²) >= 11 is 6.35. The van der Waals surface area contributed by atoms with E-state index in [1.807, 2.05) is 30.3 Å². The van der Waals surface area contributed by atoms with Crippen molar-refractivity contribution in [2.75, 3.05) is 0 Å². The van der Waals surface area contributed by atoms with Crippen LogP contribution in [-0.2, 0) is 0 Å². The Balaban J connectivity index is 2.29. The van der Waals surface area contributed by atoms with Gasteiger partial charge in [-0.05, 0) is 31.2 Å². The fourth-order valence-electron chi connectivity index (χ4n) is 2.73. The Morgan fingerprint density at radius 2 is 1.82 bits per heavy atom. The van der Waals surface area contributed by atoms with E-state index >= 15 is 0 Å². The second kappa shape index (κ2) is 4.71. The van der Waals surface area contributed by atoms with Crippen LogP contribution in [0.4, 0.5) is 0 Å². The van der Waals surface area contributed by atoms with Crippen LogP contribution in [0.2, 0.25) is 5.02 Å². The van der Waals surface area contributed by atoms with E-state index in [0.717, 1.165) is 5.69 Å². The number of para-hydroxylation sites is 1. The maximum Gasteiger partial charge on any atom is 0.347 e. The standard InChI is InChI=1S/C17H11ClN2O2/c1-10-14-16(20(19-10)11-6-3-2-4-7-11)15-12(18)8-5-9-13(15)22-17(14)21/h2-9H,1H3. The van der Waals surface area contributed by atoms with Crippen molar-refractivity contribution in [2.24, 2.45) is 0 Å². The summed E-state index contributed by atoms with van der Waals surface area (Å²) in [6.07, 6.45) is 0. The number of hydrogen-bond donors (Lipinski definition) is 0. The van der Waals surface area contributed by atoms with Gasteiger partial charge in [0.25, 0.3) is 0 Å². The lowest BCUT2D eigenvalue weighted by Crippen LogP contribution is -2.02. The first-order valence-electron chi connectivity index (χ1n) is 6.83. The number of halogens is 1. The van der Waals surface area contributed by atoms with Crippen molar-refractivity contribution >= 4 is 33.5 Å². The number of aromatic nitrogens is 2. The average molecular weight is 311 g/mol. The Hall–Kier alpha value is -2.59. The molecular formula is C17H11ClN2O2. The summed E-state index contributed by atoms with van der Waals surface area (Å²) in [7, 11) is 0. The Morgan fingerprint density at radius 3 is 2.59 bits per heavy atom. The lowest BCUT2D eigenvalue weighted by Gasteiger charge is -2.06. The SMILES string of the molecule is Cc1nn(-c2ccccc2)c2c1c(=O)oc1cccc(Cl)c12. The minimum atomic E-state index is -0.399. The number of fused-ring (bicyclic) bond motifs is 3. The smallest absolute Gasteiger partial charge is 0.347 e. The molecule has 4 nitrogen and oxygen atoms in total. The minimum Gasteiger partial charge on any atom is -0.422 e. The number of nitrogens with zero attached hydrogens (tertiary/aromatic N) is 2. The summed E-state index contributed by atoms with van der Waals surface area (Å²) in [6, 6.07) is 14.9. The zero-order valence-electron chi connectivity index (χ0n) is 11.7. The van der Waals surface area contributed by atoms with E-state index in [1.54, 1.807) is 29.8 Å². The number of hydrogen-bond acceptors (Lipinski definition) is 3. The fourth-order valence-corrected chi connectivity index (χ4v) is 2.98. The summed E-state index contributed by atoms with van der Waals surface area (Å²) in [6.45, 7) is 1.79. The van der Waals surface area contributed by atoms with Crippen LogP contribution in [-0.4, -0.2) is 9.78 Å². The van der Waals surface area contributed by atoms with Crippen molar-refractivity contribution < 1.29 is 4.42 Å². The van der Waals surface area contributed by atoms with E-state index in [9.17, 15) is 4.79 Å². The van der Waals surface area contributed by atoms with Crippen molar-refractivity contribution in [3.63, 3.8) is 0 Å². The van der Waals surface area contributed by atoms with Gasteiger partial charge in [-0.2, -0.15) is 5.10 Å². The van der Waals surface area contributed by atoms with Crippen LogP contribution in [0.3, 0.4) is 0 Å². The van der Waals surface area contributed by atoms with Gasteiger partial charge >= 0.3 is 5.63 Å². The molecule has 2 aromatic carbocycles. The Kier molecular flexibility index (Phi) is 2.81. The van der Waals surface area contributed by atoms with Crippen LogP contribution in [0.5, 0.6) is 0 Å². The highest BCUT2D eigenvalue weighted by Crippen LogP contribution is 2.31. The van der Waals surface area contributed by atoms with E-state index < -0.39 is 5.63 Å². The molecule has 0 amide bonds. The molecule has 0 aliphatic carbocycles. The third kappa shape index (κ3) is 1.77. The quantitative estimate of drug-likeness (QED) is 0.497. The zero-order chi connectivity index (χ0) is 15.3. The molecule has 0 aliphatic heterocycles. The molecule has 0 aliphatic rings. The van der Waals surface area contributed by atoms with Gasteiger partial charge in [0.05, 0.1) is 27.3 Å². The Labute approximate surface area is 130 Å². The molecule has 4 rings (SSSR count). The van der Waals surface area contributed by atoms with Crippen LogP contribution in [0.1, 0.15) is 5.69 Å². The fraction of sp³-hybridized carbons (Fsp3) is 0.0588. The summed E-state index contributed by atoms with van der Waals surface area (Å²) in [5, 5.41) is 6.20. The molecule has 0 fully saturated rings. The molecule has 2 heterocycles. The van der Waals surface area contributed by atoms with Crippen molar-refractivity contribution in [3.05, 3.63) is 69.7 Å². The third-order valence-corrected chi connectivity index (χ3v) is 4.00. The van der Waals surface area contributed by atoms with Gasteiger partial charge in [-0.3, -0.25) is 0 Å². The number of rotatable bonds is 1. The summed E-state index contributed by atoms with van der Waals surface area (Å²) in [4.78, 5) is 12.3. The lowest BCUT2D eigenvalue weighted by atomic mass is 10.1. The number of benzene rings is 2. The van der Waals surface area contributed by atoms with E-state index in [2.05, 4.69) is 5.10 Å². The third-order valence-electron chi connectivity index (χ3n) is 3.68. The van der Waals surface area contributed by atoms with Crippen LogP contribution in [0.15, 0.2) is 57.7 Å². The molecule has 0 bridgehead atoms. The molecule has 4 aromatic rings. The van der Waals surface area contributed by atoms with Gasteiger partial charge in [0.15, 0.2) is 0 Å². The highest BCUT2D eigenvalue weighted by atomic mass is 35.5. The molecule has 5 heteroatoms. The maximum absolute atomic E-state index is 12.3. The molecule has 0 atom stereocenters. The Bertz CT molecular complexity index is 1060. The van der Waals surface area contributed by atoms with Gasteiger partial charge in [-0.1, -0.05) is 35.9 Å². The van der Waals surface area contributed by atoms with Gasteiger partial charge in [-0.15, -0.1) is 0 Å². The lowest BCUT2D eigenvalue weighted by molar-refractivity contribution is 0.569. The molecule has 0 spiro atoms. The molecule has 0 saturated carbocycles. The first-order valence-corrected chi connectivity index (χ1v) is 7.20. The van der Waals surface area contributed by atoms with Gasteiger partial charge in [0.2, 0.25) is 0 Å². The monoisotopic (exact) mass is 310 g/mol. The maximum atomic E-state index is 12.3. The first-order chi connectivity index (χ1) is 10.7. The zero-order valence-corrected chi connectivity index (χ0v) is 12.5. The predicted octanol–water partition coefficient (Wildman–Crippen LogP) is 4.09. The average Bonchev–Trinajstić information content (AvgIpc) is 2.86. The summed E-state index contributed by atoms with van der Waals surface area (Å²) in [5.74, 6) is 0. The first kappa shape index (κ1) is 13.1. The minimum absolute atomic E-state index is 0.399.